The number of nitrogens with one attached hydrogen (secondary N) is 1. The van der Waals surface area contributed by atoms with Crippen molar-refractivity contribution in [2.75, 3.05) is 11.0 Å². The fourth-order valence-corrected chi connectivity index (χ4v) is 1.45. The zero-order chi connectivity index (χ0) is 10.8. The zero-order valence-corrected chi connectivity index (χ0v) is 8.14. The lowest BCUT2D eigenvalue weighted by Crippen LogP contribution is -2.10. The molecule has 0 heterocycles. The number of anilines is 1. The monoisotopic (exact) mass is 217 g/mol. The van der Waals surface area contributed by atoms with E-state index in [1.54, 1.807) is 0 Å². The van der Waals surface area contributed by atoms with Crippen molar-refractivity contribution in [1.29, 1.82) is 0 Å². The van der Waals surface area contributed by atoms with Crippen LogP contribution in [0.25, 0.3) is 0 Å². The molecule has 0 fully saturated rings. The van der Waals surface area contributed by atoms with E-state index in [4.69, 9.17) is 0 Å². The Morgan fingerprint density at radius 3 is 2.50 bits per heavy atom. The van der Waals surface area contributed by atoms with Crippen LogP contribution >= 0.6 is 0 Å². The average molecular weight is 217 g/mol. The maximum absolute atomic E-state index is 13.1. The molecule has 6 heteroatoms. The number of hydrogen-bond donors (Lipinski definition) is 1. The molecule has 0 amide bonds. The second-order valence-electron chi connectivity index (χ2n) is 2.73. The van der Waals surface area contributed by atoms with Gasteiger partial charge in [0.05, 0.1) is 11.9 Å². The van der Waals surface area contributed by atoms with Crippen molar-refractivity contribution < 1.29 is 17.6 Å². The van der Waals surface area contributed by atoms with Crippen molar-refractivity contribution in [2.24, 2.45) is 0 Å². The van der Waals surface area contributed by atoms with Crippen LogP contribution in [0.3, 0.4) is 0 Å². The van der Waals surface area contributed by atoms with Crippen LogP contribution in [0.15, 0.2) is 18.2 Å². The summed E-state index contributed by atoms with van der Waals surface area (Å²) >= 11 is 0. The highest BCUT2D eigenvalue weighted by Crippen LogP contribution is 2.15. The van der Waals surface area contributed by atoms with Crippen LogP contribution in [0.5, 0.6) is 0 Å². The SMILES string of the molecule is CS(=O)(=O)Nc1ccc(C=O)cc1F. The first-order chi connectivity index (χ1) is 6.42. The van der Waals surface area contributed by atoms with Gasteiger partial charge >= 0.3 is 0 Å². The minimum absolute atomic E-state index is 0.154. The quantitative estimate of drug-likeness (QED) is 0.768. The van der Waals surface area contributed by atoms with Crippen LogP contribution < -0.4 is 4.72 Å². The maximum Gasteiger partial charge on any atom is 0.229 e. The van der Waals surface area contributed by atoms with Gasteiger partial charge in [-0.25, -0.2) is 12.8 Å². The summed E-state index contributed by atoms with van der Waals surface area (Å²) in [4.78, 5) is 10.2. The molecule has 0 unspecified atom stereocenters. The van der Waals surface area contributed by atoms with Gasteiger partial charge in [0.2, 0.25) is 10.0 Å². The molecule has 0 saturated heterocycles. The van der Waals surface area contributed by atoms with Gasteiger partial charge in [0.25, 0.3) is 0 Å². The summed E-state index contributed by atoms with van der Waals surface area (Å²) < 4.78 is 36.6. The molecule has 0 spiro atoms. The number of benzene rings is 1. The molecule has 76 valence electrons. The Hall–Kier alpha value is -1.43. The van der Waals surface area contributed by atoms with Gasteiger partial charge in [-0.05, 0) is 18.2 Å². The van der Waals surface area contributed by atoms with Crippen LogP contribution in [0, 0.1) is 5.82 Å². The molecule has 1 N–H and O–H groups in total. The first-order valence-corrected chi connectivity index (χ1v) is 5.54. The van der Waals surface area contributed by atoms with E-state index in [0.29, 0.717) is 6.29 Å². The summed E-state index contributed by atoms with van der Waals surface area (Å²) in [5, 5.41) is 0. The number of rotatable bonds is 3. The molecule has 1 rings (SSSR count). The molecule has 0 saturated carbocycles. The molecule has 14 heavy (non-hydrogen) atoms. The minimum Gasteiger partial charge on any atom is -0.298 e. The normalized spacial score (nSPS) is 11.0. The second-order valence-corrected chi connectivity index (χ2v) is 4.48. The Kier molecular flexibility index (Phi) is 2.85. The number of carbonyl (C=O) groups is 1. The molecule has 0 aliphatic rings. The summed E-state index contributed by atoms with van der Waals surface area (Å²) in [6, 6.07) is 3.48. The Balaban J connectivity index is 3.07. The van der Waals surface area contributed by atoms with Crippen molar-refractivity contribution in [1.82, 2.24) is 0 Å². The molecule has 0 aliphatic heterocycles. The lowest BCUT2D eigenvalue weighted by molar-refractivity contribution is 0.112. The molecule has 0 aromatic heterocycles. The van der Waals surface area contributed by atoms with Crippen LogP contribution in [-0.4, -0.2) is 21.0 Å². The van der Waals surface area contributed by atoms with Crippen LogP contribution in [-0.2, 0) is 10.0 Å². The molecule has 0 atom stereocenters. The van der Waals surface area contributed by atoms with Crippen molar-refractivity contribution in [2.45, 2.75) is 0 Å². The Morgan fingerprint density at radius 1 is 1.43 bits per heavy atom. The molecule has 0 radical (unpaired) electrons. The van der Waals surface area contributed by atoms with E-state index in [1.807, 2.05) is 4.72 Å². The third kappa shape index (κ3) is 2.81. The van der Waals surface area contributed by atoms with Gasteiger partial charge in [-0.1, -0.05) is 0 Å². The molecular weight excluding hydrogens is 209 g/mol. The van der Waals surface area contributed by atoms with E-state index < -0.39 is 15.8 Å². The third-order valence-electron chi connectivity index (χ3n) is 1.42. The number of carbonyl (C=O) groups excluding carboxylic acids is 1. The predicted octanol–water partition coefficient (Wildman–Crippen LogP) is 1.01. The second kappa shape index (κ2) is 3.75. The van der Waals surface area contributed by atoms with Crippen LogP contribution in [0.2, 0.25) is 0 Å². The van der Waals surface area contributed by atoms with Gasteiger partial charge < -0.3 is 0 Å². The number of aldehydes is 1. The maximum atomic E-state index is 13.1. The highest BCUT2D eigenvalue weighted by Gasteiger charge is 2.07. The lowest BCUT2D eigenvalue weighted by Gasteiger charge is -2.04. The summed E-state index contributed by atoms with van der Waals surface area (Å²) in [5.74, 6) is -0.778. The van der Waals surface area contributed by atoms with Gasteiger partial charge in [-0.3, -0.25) is 9.52 Å². The average Bonchev–Trinajstić information content (AvgIpc) is 2.06. The summed E-state index contributed by atoms with van der Waals surface area (Å²) in [7, 11) is -3.50. The predicted molar refractivity (Wildman–Crippen MR) is 50.3 cm³/mol. The van der Waals surface area contributed by atoms with E-state index in [0.717, 1.165) is 12.3 Å². The van der Waals surface area contributed by atoms with E-state index in [2.05, 4.69) is 0 Å². The summed E-state index contributed by atoms with van der Waals surface area (Å²) in [5.41, 5.74) is -0.0142. The van der Waals surface area contributed by atoms with Crippen LogP contribution in [0.1, 0.15) is 10.4 Å². The first kappa shape index (κ1) is 10.6. The van der Waals surface area contributed by atoms with E-state index in [9.17, 15) is 17.6 Å². The van der Waals surface area contributed by atoms with Crippen LogP contribution in [0.4, 0.5) is 10.1 Å². The topological polar surface area (TPSA) is 63.2 Å². The Bertz CT molecular complexity index is 456. The van der Waals surface area contributed by atoms with Gasteiger partial charge in [0.1, 0.15) is 12.1 Å². The number of halogens is 1. The largest absolute Gasteiger partial charge is 0.298 e. The smallest absolute Gasteiger partial charge is 0.229 e. The fraction of sp³-hybridized carbons (Fsp3) is 0.125. The van der Waals surface area contributed by atoms with E-state index in [1.165, 1.54) is 12.1 Å². The molecule has 1 aromatic carbocycles. The fourth-order valence-electron chi connectivity index (χ4n) is 0.887. The van der Waals surface area contributed by atoms with Crippen molar-refractivity contribution in [3.63, 3.8) is 0 Å². The van der Waals surface area contributed by atoms with Gasteiger partial charge in [0, 0.05) is 5.56 Å². The highest BCUT2D eigenvalue weighted by atomic mass is 32.2. The Morgan fingerprint density at radius 2 is 2.07 bits per heavy atom. The standard InChI is InChI=1S/C8H8FNO3S/c1-14(12,13)10-8-3-2-6(5-11)4-7(8)9/h2-5,10H,1H3. The molecule has 0 aliphatic carbocycles. The van der Waals surface area contributed by atoms with Gasteiger partial charge in [0.15, 0.2) is 0 Å². The molecular formula is C8H8FNO3S. The highest BCUT2D eigenvalue weighted by molar-refractivity contribution is 7.92. The zero-order valence-electron chi connectivity index (χ0n) is 7.32. The number of hydrogen-bond acceptors (Lipinski definition) is 3. The van der Waals surface area contributed by atoms with E-state index in [-0.39, 0.29) is 11.3 Å². The third-order valence-corrected chi connectivity index (χ3v) is 2.02. The van der Waals surface area contributed by atoms with Gasteiger partial charge in [-0.15, -0.1) is 0 Å². The van der Waals surface area contributed by atoms with E-state index >= 15 is 0 Å². The molecule has 0 bridgehead atoms. The lowest BCUT2D eigenvalue weighted by atomic mass is 10.2. The van der Waals surface area contributed by atoms with Crippen molar-refractivity contribution in [3.05, 3.63) is 29.6 Å². The van der Waals surface area contributed by atoms with Crippen molar-refractivity contribution in [3.8, 4) is 0 Å². The molecule has 1 aromatic rings. The first-order valence-electron chi connectivity index (χ1n) is 3.65. The number of sulfonamides is 1. The summed E-state index contributed by atoms with van der Waals surface area (Å²) in [6.45, 7) is 0. The summed E-state index contributed by atoms with van der Waals surface area (Å²) in [6.07, 6.45) is 1.40. The van der Waals surface area contributed by atoms with Gasteiger partial charge in [-0.2, -0.15) is 0 Å². The Labute approximate surface area is 80.8 Å². The molecule has 4 nitrogen and oxygen atoms in total. The minimum atomic E-state index is -3.50. The van der Waals surface area contributed by atoms with Crippen molar-refractivity contribution >= 4 is 22.0 Å².